The molecule has 7 nitrogen and oxygen atoms in total. The van der Waals surface area contributed by atoms with Crippen LogP contribution in [0.1, 0.15) is 31.5 Å². The van der Waals surface area contributed by atoms with Crippen LogP contribution in [0.3, 0.4) is 0 Å². The molecule has 1 aromatic heterocycles. The molecule has 1 N–H and O–H groups in total. The Labute approximate surface area is 140 Å². The number of benzene rings is 1. The molecule has 2 aliphatic rings. The van der Waals surface area contributed by atoms with E-state index in [0.717, 1.165) is 18.0 Å². The summed E-state index contributed by atoms with van der Waals surface area (Å²) in [7, 11) is 1.60. The Morgan fingerprint density at radius 1 is 1.33 bits per heavy atom. The van der Waals surface area contributed by atoms with Gasteiger partial charge >= 0.3 is 0 Å². The number of methoxy groups -OCH3 is 1. The van der Waals surface area contributed by atoms with Crippen LogP contribution in [-0.4, -0.2) is 33.2 Å². The van der Waals surface area contributed by atoms with Crippen LogP contribution in [0.5, 0.6) is 5.75 Å². The van der Waals surface area contributed by atoms with E-state index < -0.39 is 0 Å². The lowest BCUT2D eigenvalue weighted by atomic mass is 9.88. The number of hydrogen-bond acceptors (Lipinski definition) is 5. The largest absolute Gasteiger partial charge is 0.494 e. The van der Waals surface area contributed by atoms with E-state index in [4.69, 9.17) is 4.74 Å². The van der Waals surface area contributed by atoms with Gasteiger partial charge < -0.3 is 10.1 Å². The summed E-state index contributed by atoms with van der Waals surface area (Å²) in [6.07, 6.45) is 4.74. The van der Waals surface area contributed by atoms with Crippen LogP contribution < -0.4 is 10.1 Å². The summed E-state index contributed by atoms with van der Waals surface area (Å²) >= 11 is 0. The molecule has 4 rings (SSSR count). The van der Waals surface area contributed by atoms with Crippen LogP contribution >= 0.6 is 0 Å². The van der Waals surface area contributed by atoms with Crippen molar-refractivity contribution in [2.75, 3.05) is 12.4 Å². The highest BCUT2D eigenvalue weighted by atomic mass is 16.5. The summed E-state index contributed by atoms with van der Waals surface area (Å²) in [5.41, 5.74) is 1.46. The molecule has 2 bridgehead atoms. The molecule has 24 heavy (non-hydrogen) atoms. The van der Waals surface area contributed by atoms with Crippen molar-refractivity contribution in [3.05, 3.63) is 24.0 Å². The number of carbonyl (C=O) groups excluding carboxylic acids is 1. The zero-order chi connectivity index (χ0) is 16.7. The van der Waals surface area contributed by atoms with Gasteiger partial charge in [-0.25, -0.2) is 0 Å². The Bertz CT molecular complexity index is 772. The van der Waals surface area contributed by atoms with Crippen molar-refractivity contribution in [2.45, 2.75) is 32.6 Å². The molecule has 7 heteroatoms. The van der Waals surface area contributed by atoms with Gasteiger partial charge in [0, 0.05) is 11.6 Å². The minimum atomic E-state index is 0.131. The summed E-state index contributed by atoms with van der Waals surface area (Å²) in [5, 5.41) is 14.6. The van der Waals surface area contributed by atoms with E-state index in [2.05, 4.69) is 20.8 Å². The van der Waals surface area contributed by atoms with Gasteiger partial charge in [-0.05, 0) is 66.6 Å². The maximum Gasteiger partial charge on any atom is 0.227 e. The Morgan fingerprint density at radius 3 is 2.83 bits per heavy atom. The van der Waals surface area contributed by atoms with Crippen LogP contribution in [0, 0.1) is 24.7 Å². The number of hydrogen-bond donors (Lipinski definition) is 1. The fraction of sp³-hybridized carbons (Fsp3) is 0.529. The van der Waals surface area contributed by atoms with E-state index in [-0.39, 0.29) is 11.8 Å². The van der Waals surface area contributed by atoms with Gasteiger partial charge in [-0.2, -0.15) is 4.68 Å². The van der Waals surface area contributed by atoms with Crippen molar-refractivity contribution in [2.24, 2.45) is 17.8 Å². The molecular formula is C17H21N5O2. The summed E-state index contributed by atoms with van der Waals surface area (Å²) in [5.74, 6) is 2.92. The molecule has 0 aliphatic heterocycles. The lowest BCUT2D eigenvalue weighted by Crippen LogP contribution is -2.27. The first-order chi connectivity index (χ1) is 11.7. The minimum absolute atomic E-state index is 0.131. The van der Waals surface area contributed by atoms with Crippen molar-refractivity contribution in [3.8, 4) is 11.4 Å². The quantitative estimate of drug-likeness (QED) is 0.932. The second-order valence-corrected chi connectivity index (χ2v) is 6.80. The first kappa shape index (κ1) is 15.1. The first-order valence-electron chi connectivity index (χ1n) is 8.40. The highest BCUT2D eigenvalue weighted by molar-refractivity contribution is 5.93. The number of nitrogens with one attached hydrogen (secondary N) is 1. The minimum Gasteiger partial charge on any atom is -0.494 e. The van der Waals surface area contributed by atoms with E-state index in [0.29, 0.717) is 23.2 Å². The predicted molar refractivity (Wildman–Crippen MR) is 88.0 cm³/mol. The van der Waals surface area contributed by atoms with Gasteiger partial charge in [0.2, 0.25) is 5.91 Å². The number of rotatable bonds is 4. The van der Waals surface area contributed by atoms with Crippen LogP contribution in [0.15, 0.2) is 18.2 Å². The van der Waals surface area contributed by atoms with E-state index in [1.165, 1.54) is 19.3 Å². The van der Waals surface area contributed by atoms with E-state index >= 15 is 0 Å². The monoisotopic (exact) mass is 327 g/mol. The number of anilines is 1. The molecule has 1 heterocycles. The zero-order valence-corrected chi connectivity index (χ0v) is 13.9. The molecule has 1 amide bonds. The number of ether oxygens (including phenoxy) is 1. The average Bonchev–Trinajstić information content (AvgIpc) is 3.31. The van der Waals surface area contributed by atoms with Crippen molar-refractivity contribution in [3.63, 3.8) is 0 Å². The lowest BCUT2D eigenvalue weighted by Gasteiger charge is -2.21. The van der Waals surface area contributed by atoms with E-state index in [1.807, 2.05) is 25.1 Å². The number of fused-ring (bicyclic) bond motifs is 2. The number of amides is 1. The van der Waals surface area contributed by atoms with E-state index in [9.17, 15) is 4.79 Å². The third-order valence-corrected chi connectivity index (χ3v) is 5.37. The number of aryl methyl sites for hydroxylation is 1. The maximum absolute atomic E-state index is 12.6. The number of aromatic nitrogens is 4. The van der Waals surface area contributed by atoms with Gasteiger partial charge in [-0.15, -0.1) is 5.10 Å². The van der Waals surface area contributed by atoms with Crippen LogP contribution in [-0.2, 0) is 4.79 Å². The maximum atomic E-state index is 12.6. The summed E-state index contributed by atoms with van der Waals surface area (Å²) in [4.78, 5) is 12.6. The van der Waals surface area contributed by atoms with Crippen molar-refractivity contribution in [1.29, 1.82) is 0 Å². The van der Waals surface area contributed by atoms with Gasteiger partial charge in [0.1, 0.15) is 11.4 Å². The Balaban J connectivity index is 1.58. The van der Waals surface area contributed by atoms with Gasteiger partial charge in [-0.3, -0.25) is 4.79 Å². The third-order valence-electron chi connectivity index (χ3n) is 5.37. The zero-order valence-electron chi connectivity index (χ0n) is 13.9. The van der Waals surface area contributed by atoms with Crippen molar-refractivity contribution in [1.82, 2.24) is 20.2 Å². The molecule has 1 aromatic carbocycles. The normalized spacial score (nSPS) is 25.0. The second kappa shape index (κ2) is 5.89. The molecular weight excluding hydrogens is 306 g/mol. The van der Waals surface area contributed by atoms with Gasteiger partial charge in [0.25, 0.3) is 0 Å². The predicted octanol–water partition coefficient (Wildman–Crippen LogP) is 2.35. The van der Waals surface area contributed by atoms with Crippen LogP contribution in [0.25, 0.3) is 5.69 Å². The molecule has 126 valence electrons. The standard InChI is InChI=1S/C17H21N5O2/c1-10-19-20-21-22(10)15-9-13(5-6-16(15)24-2)18-17(23)14-8-11-3-4-12(14)7-11/h5-6,9,11-12,14H,3-4,7-8H2,1-2H3,(H,18,23)/t11-,12-,14-/m0/s1. The van der Waals surface area contributed by atoms with Crippen molar-refractivity contribution < 1.29 is 9.53 Å². The topological polar surface area (TPSA) is 81.9 Å². The molecule has 2 aromatic rings. The second-order valence-electron chi connectivity index (χ2n) is 6.80. The molecule has 3 atom stereocenters. The fourth-order valence-corrected chi connectivity index (χ4v) is 4.19. The Morgan fingerprint density at radius 2 is 2.21 bits per heavy atom. The van der Waals surface area contributed by atoms with Gasteiger partial charge in [-0.1, -0.05) is 6.42 Å². The SMILES string of the molecule is COc1ccc(NC(=O)[C@H]2C[C@H]3CC[C@H]2C3)cc1-n1nnnc1C. The summed E-state index contributed by atoms with van der Waals surface area (Å²) < 4.78 is 7.00. The number of tetrazole rings is 1. The molecule has 0 spiro atoms. The van der Waals surface area contributed by atoms with Crippen LogP contribution in [0.4, 0.5) is 5.69 Å². The highest BCUT2D eigenvalue weighted by Crippen LogP contribution is 2.48. The highest BCUT2D eigenvalue weighted by Gasteiger charge is 2.43. The lowest BCUT2D eigenvalue weighted by molar-refractivity contribution is -0.121. The first-order valence-corrected chi connectivity index (χ1v) is 8.40. The Hall–Kier alpha value is -2.44. The van der Waals surface area contributed by atoms with Gasteiger partial charge in [0.05, 0.1) is 7.11 Å². The number of nitrogens with zero attached hydrogens (tertiary/aromatic N) is 4. The average molecular weight is 327 g/mol. The molecule has 2 saturated carbocycles. The molecule has 2 aliphatic carbocycles. The van der Waals surface area contributed by atoms with Gasteiger partial charge in [0.15, 0.2) is 5.82 Å². The molecule has 0 saturated heterocycles. The number of carbonyl (C=O) groups is 1. The Kier molecular flexibility index (Phi) is 3.70. The van der Waals surface area contributed by atoms with Crippen molar-refractivity contribution >= 4 is 11.6 Å². The molecule has 2 fully saturated rings. The molecule has 0 radical (unpaired) electrons. The van der Waals surface area contributed by atoms with Crippen LogP contribution in [0.2, 0.25) is 0 Å². The summed E-state index contributed by atoms with van der Waals surface area (Å²) in [6, 6.07) is 5.54. The fourth-order valence-electron chi connectivity index (χ4n) is 4.19. The summed E-state index contributed by atoms with van der Waals surface area (Å²) in [6.45, 7) is 1.82. The smallest absolute Gasteiger partial charge is 0.227 e. The van der Waals surface area contributed by atoms with E-state index in [1.54, 1.807) is 11.8 Å². The molecule has 0 unspecified atom stereocenters. The third kappa shape index (κ3) is 2.53.